The van der Waals surface area contributed by atoms with Gasteiger partial charge in [-0.2, -0.15) is 4.98 Å². The molecule has 0 aliphatic rings. The van der Waals surface area contributed by atoms with Gasteiger partial charge in [0.05, 0.1) is 12.8 Å². The molecule has 6 heteroatoms. The van der Waals surface area contributed by atoms with Crippen molar-refractivity contribution in [3.05, 3.63) is 72.0 Å². The fourth-order valence-electron chi connectivity index (χ4n) is 2.84. The van der Waals surface area contributed by atoms with Crippen LogP contribution in [-0.4, -0.2) is 19.7 Å². The van der Waals surface area contributed by atoms with Crippen LogP contribution in [0.1, 0.15) is 31.1 Å². The largest absolute Gasteiger partial charge is 0.439 e. The van der Waals surface area contributed by atoms with Crippen LogP contribution in [0.25, 0.3) is 11.5 Å². The normalized spacial score (nSPS) is 11.5. The third-order valence-corrected chi connectivity index (χ3v) is 5.36. The number of oxazole rings is 1. The highest BCUT2D eigenvalue weighted by atomic mass is 32.2. The van der Waals surface area contributed by atoms with Crippen molar-refractivity contribution >= 4 is 15.8 Å². The molecule has 0 N–H and O–H groups in total. The Morgan fingerprint density at radius 2 is 1.63 bits per heavy atom. The predicted molar refractivity (Wildman–Crippen MR) is 108 cm³/mol. The first kappa shape index (κ1) is 19.2. The van der Waals surface area contributed by atoms with E-state index in [0.717, 1.165) is 24.0 Å². The molecule has 0 saturated heterocycles. The lowest BCUT2D eigenvalue weighted by molar-refractivity contribution is 0.508. The number of nitrogens with zero attached hydrogens (tertiary/aromatic N) is 2. The van der Waals surface area contributed by atoms with Crippen LogP contribution >= 0.6 is 0 Å². The second-order valence-electron chi connectivity index (χ2n) is 6.49. The molecule has 3 aromatic rings. The molecule has 1 aromatic heterocycles. The van der Waals surface area contributed by atoms with Gasteiger partial charge < -0.3 is 4.42 Å². The molecule has 2 aromatic carbocycles. The lowest BCUT2D eigenvalue weighted by atomic mass is 10.2. The van der Waals surface area contributed by atoms with E-state index >= 15 is 0 Å². The summed E-state index contributed by atoms with van der Waals surface area (Å²) >= 11 is 0. The van der Waals surface area contributed by atoms with Crippen LogP contribution in [0, 0.1) is 0 Å². The van der Waals surface area contributed by atoms with Gasteiger partial charge >= 0.3 is 0 Å². The molecular weight excluding hydrogens is 360 g/mol. The van der Waals surface area contributed by atoms with Gasteiger partial charge in [-0.3, -0.25) is 0 Å². The molecule has 5 nitrogen and oxygen atoms in total. The topological polar surface area (TPSA) is 63.4 Å². The fourth-order valence-corrected chi connectivity index (χ4v) is 3.68. The molecule has 1 heterocycles. The van der Waals surface area contributed by atoms with E-state index < -0.39 is 10.0 Å². The monoisotopic (exact) mass is 384 g/mol. The third kappa shape index (κ3) is 4.77. The Kier molecular flexibility index (Phi) is 5.96. The van der Waals surface area contributed by atoms with Gasteiger partial charge in [0.2, 0.25) is 15.9 Å². The van der Waals surface area contributed by atoms with Gasteiger partial charge in [0.25, 0.3) is 0 Å². The number of anilines is 1. The molecule has 0 unspecified atom stereocenters. The number of unbranched alkanes of at least 4 members (excludes halogenated alkanes) is 1. The Bertz CT molecular complexity index is 967. The van der Waals surface area contributed by atoms with Crippen LogP contribution in [-0.2, 0) is 23.0 Å². The van der Waals surface area contributed by atoms with E-state index in [1.165, 1.54) is 10.6 Å². The Hall–Kier alpha value is -2.60. The number of aryl methyl sites for hydroxylation is 1. The summed E-state index contributed by atoms with van der Waals surface area (Å²) in [5.41, 5.74) is 1.73. The zero-order valence-corrected chi connectivity index (χ0v) is 16.4. The predicted octanol–water partition coefficient (Wildman–Crippen LogP) is 4.65. The highest BCUT2D eigenvalue weighted by Crippen LogP contribution is 2.31. The molecular formula is C21H24N2O3S. The Balaban J connectivity index is 2.05. The molecule has 0 radical (unpaired) electrons. The van der Waals surface area contributed by atoms with E-state index in [4.69, 9.17) is 4.42 Å². The summed E-state index contributed by atoms with van der Waals surface area (Å²) in [6, 6.07) is 19.0. The van der Waals surface area contributed by atoms with Crippen LogP contribution in [0.4, 0.5) is 5.82 Å². The number of benzene rings is 2. The minimum Gasteiger partial charge on any atom is -0.439 e. The van der Waals surface area contributed by atoms with Crippen molar-refractivity contribution in [2.75, 3.05) is 10.6 Å². The van der Waals surface area contributed by atoms with Gasteiger partial charge in [-0.05, 0) is 24.1 Å². The molecule has 0 saturated carbocycles. The quantitative estimate of drug-likeness (QED) is 0.567. The van der Waals surface area contributed by atoms with E-state index in [1.807, 2.05) is 60.7 Å². The van der Waals surface area contributed by atoms with E-state index in [-0.39, 0.29) is 6.54 Å². The van der Waals surface area contributed by atoms with Crippen LogP contribution in [0.2, 0.25) is 0 Å². The molecule has 142 valence electrons. The van der Waals surface area contributed by atoms with Gasteiger partial charge in [0.1, 0.15) is 5.76 Å². The Morgan fingerprint density at radius 3 is 2.22 bits per heavy atom. The minimum absolute atomic E-state index is 0.222. The van der Waals surface area contributed by atoms with Crippen LogP contribution < -0.4 is 4.31 Å². The first-order valence-corrected chi connectivity index (χ1v) is 10.9. The summed E-state index contributed by atoms with van der Waals surface area (Å²) in [4.78, 5) is 4.58. The highest BCUT2D eigenvalue weighted by molar-refractivity contribution is 7.92. The van der Waals surface area contributed by atoms with E-state index in [2.05, 4.69) is 11.9 Å². The van der Waals surface area contributed by atoms with E-state index in [0.29, 0.717) is 23.9 Å². The van der Waals surface area contributed by atoms with E-state index in [9.17, 15) is 8.42 Å². The lowest BCUT2D eigenvalue weighted by Gasteiger charge is -2.20. The zero-order chi connectivity index (χ0) is 19.3. The van der Waals surface area contributed by atoms with Crippen molar-refractivity contribution in [2.24, 2.45) is 0 Å². The number of hydrogen-bond donors (Lipinski definition) is 0. The number of sulfonamides is 1. The number of aromatic nitrogens is 1. The number of rotatable bonds is 8. The third-order valence-electron chi connectivity index (χ3n) is 4.26. The lowest BCUT2D eigenvalue weighted by Crippen LogP contribution is -2.30. The Morgan fingerprint density at radius 1 is 1.00 bits per heavy atom. The molecule has 3 rings (SSSR count). The zero-order valence-electron chi connectivity index (χ0n) is 15.6. The standard InChI is InChI=1S/C21H24N2O3S/c1-3-4-15-19-20(22-21(26-19)18-13-9-6-10-14-18)23(27(2,24)25)16-17-11-7-5-8-12-17/h5-14H,3-4,15-16H2,1-2H3. The number of hydrogen-bond acceptors (Lipinski definition) is 4. The van der Waals surface area contributed by atoms with Crippen molar-refractivity contribution in [2.45, 2.75) is 32.7 Å². The maximum Gasteiger partial charge on any atom is 0.233 e. The second-order valence-corrected chi connectivity index (χ2v) is 8.40. The van der Waals surface area contributed by atoms with Crippen LogP contribution in [0.3, 0.4) is 0 Å². The molecule has 0 fully saturated rings. The van der Waals surface area contributed by atoms with Gasteiger partial charge in [-0.25, -0.2) is 12.7 Å². The smallest absolute Gasteiger partial charge is 0.233 e. The first-order valence-electron chi connectivity index (χ1n) is 9.06. The van der Waals surface area contributed by atoms with Gasteiger partial charge in [0.15, 0.2) is 5.82 Å². The average molecular weight is 385 g/mol. The fraction of sp³-hybridized carbons (Fsp3) is 0.286. The van der Waals surface area contributed by atoms with E-state index in [1.54, 1.807) is 0 Å². The SMILES string of the molecule is CCCCc1oc(-c2ccccc2)nc1N(Cc1ccccc1)S(C)(=O)=O. The highest BCUT2D eigenvalue weighted by Gasteiger charge is 2.26. The van der Waals surface area contributed by atoms with Crippen molar-refractivity contribution < 1.29 is 12.8 Å². The maximum absolute atomic E-state index is 12.6. The second kappa shape index (κ2) is 8.39. The average Bonchev–Trinajstić information content (AvgIpc) is 3.08. The van der Waals surface area contributed by atoms with Crippen LogP contribution in [0.5, 0.6) is 0 Å². The summed E-state index contributed by atoms with van der Waals surface area (Å²) in [7, 11) is -3.52. The summed E-state index contributed by atoms with van der Waals surface area (Å²) in [5, 5.41) is 0. The molecule has 27 heavy (non-hydrogen) atoms. The van der Waals surface area contributed by atoms with Crippen LogP contribution in [0.15, 0.2) is 65.1 Å². The molecule has 0 atom stereocenters. The molecule has 0 bridgehead atoms. The molecule has 0 amide bonds. The minimum atomic E-state index is -3.52. The van der Waals surface area contributed by atoms with Gasteiger partial charge in [-0.1, -0.05) is 61.9 Å². The molecule has 0 aliphatic heterocycles. The Labute approximate surface area is 160 Å². The van der Waals surface area contributed by atoms with Gasteiger partial charge in [-0.15, -0.1) is 0 Å². The van der Waals surface area contributed by atoms with Gasteiger partial charge in [0, 0.05) is 12.0 Å². The summed E-state index contributed by atoms with van der Waals surface area (Å²) in [5.74, 6) is 1.43. The molecule has 0 aliphatic carbocycles. The summed E-state index contributed by atoms with van der Waals surface area (Å²) in [6.45, 7) is 2.31. The first-order chi connectivity index (χ1) is 13.0. The van der Waals surface area contributed by atoms with Crippen molar-refractivity contribution in [1.29, 1.82) is 0 Å². The van der Waals surface area contributed by atoms with Crippen molar-refractivity contribution in [1.82, 2.24) is 4.98 Å². The van der Waals surface area contributed by atoms with Crippen molar-refractivity contribution in [3.63, 3.8) is 0 Å². The van der Waals surface area contributed by atoms with Crippen molar-refractivity contribution in [3.8, 4) is 11.5 Å². The summed E-state index contributed by atoms with van der Waals surface area (Å²) < 4.78 is 32.4. The summed E-state index contributed by atoms with van der Waals surface area (Å²) in [6.07, 6.45) is 3.74. The maximum atomic E-state index is 12.6. The molecule has 0 spiro atoms.